The Hall–Kier alpha value is -1.66. The molecule has 4 nitrogen and oxygen atoms in total. The molecule has 1 N–H and O–H groups in total. The molecule has 0 aliphatic rings. The summed E-state index contributed by atoms with van der Waals surface area (Å²) in [5.74, 6) is 1.25. The van der Waals surface area contributed by atoms with Crippen LogP contribution >= 0.6 is 23.1 Å². The fraction of sp³-hybridized carbons (Fsp3) is 0.312. The van der Waals surface area contributed by atoms with Gasteiger partial charge < -0.3 is 0 Å². The minimum Gasteiger partial charge on any atom is -0.297 e. The smallest absolute Gasteiger partial charge is 0.250 e. The van der Waals surface area contributed by atoms with E-state index in [2.05, 4.69) is 48.4 Å². The molecular weight excluding hydrogens is 314 g/mol. The number of nitrogens with one attached hydrogen (secondary N) is 1. The number of hydrogen-bond donors (Lipinski definition) is 1. The van der Waals surface area contributed by atoms with Crippen LogP contribution in [0.5, 0.6) is 0 Å². The van der Waals surface area contributed by atoms with Crippen molar-refractivity contribution in [3.8, 4) is 0 Å². The van der Waals surface area contributed by atoms with Crippen LogP contribution in [0.25, 0.3) is 6.08 Å². The van der Waals surface area contributed by atoms with Crippen LogP contribution in [0.3, 0.4) is 0 Å². The number of thioether (sulfide) groups is 1. The van der Waals surface area contributed by atoms with Crippen LogP contribution in [0, 0.1) is 0 Å². The molecular formula is C16H19N3OS2. The van der Waals surface area contributed by atoms with Gasteiger partial charge in [-0.2, -0.15) is 0 Å². The number of rotatable bonds is 6. The van der Waals surface area contributed by atoms with Crippen molar-refractivity contribution in [3.05, 3.63) is 41.5 Å². The van der Waals surface area contributed by atoms with Crippen molar-refractivity contribution < 1.29 is 4.79 Å². The number of hydrogen-bond acceptors (Lipinski definition) is 5. The van der Waals surface area contributed by atoms with E-state index < -0.39 is 0 Å². The van der Waals surface area contributed by atoms with Gasteiger partial charge in [-0.3, -0.25) is 10.1 Å². The third-order valence-corrected chi connectivity index (χ3v) is 4.79. The molecule has 0 fully saturated rings. The Bertz CT molecular complexity index is 648. The highest BCUT2D eigenvalue weighted by Gasteiger charge is 2.05. The molecule has 2 rings (SSSR count). The van der Waals surface area contributed by atoms with Crippen LogP contribution in [-0.2, 0) is 4.79 Å². The highest BCUT2D eigenvalue weighted by molar-refractivity contribution is 8.01. The fourth-order valence-corrected chi connectivity index (χ4v) is 3.40. The van der Waals surface area contributed by atoms with Crippen molar-refractivity contribution in [2.75, 3.05) is 11.1 Å². The van der Waals surface area contributed by atoms with Gasteiger partial charge >= 0.3 is 0 Å². The summed E-state index contributed by atoms with van der Waals surface area (Å²) in [5.41, 5.74) is 2.29. The minimum absolute atomic E-state index is 0.197. The van der Waals surface area contributed by atoms with Crippen LogP contribution in [0.2, 0.25) is 0 Å². The maximum absolute atomic E-state index is 11.9. The van der Waals surface area contributed by atoms with Gasteiger partial charge in [0.15, 0.2) is 4.34 Å². The van der Waals surface area contributed by atoms with Gasteiger partial charge in [0.25, 0.3) is 0 Å². The lowest BCUT2D eigenvalue weighted by atomic mass is 10.0. The molecule has 0 saturated heterocycles. The molecule has 0 radical (unpaired) electrons. The Morgan fingerprint density at radius 1 is 1.32 bits per heavy atom. The Labute approximate surface area is 139 Å². The van der Waals surface area contributed by atoms with Crippen LogP contribution in [0.4, 0.5) is 5.13 Å². The number of carbonyl (C=O) groups excluding carboxylic acids is 1. The summed E-state index contributed by atoms with van der Waals surface area (Å²) in [5, 5.41) is 11.2. The van der Waals surface area contributed by atoms with Crippen LogP contribution in [-0.4, -0.2) is 21.9 Å². The van der Waals surface area contributed by atoms with Crippen molar-refractivity contribution in [1.29, 1.82) is 0 Å². The Kier molecular flexibility index (Phi) is 6.15. The lowest BCUT2D eigenvalue weighted by molar-refractivity contribution is -0.111. The molecule has 1 amide bonds. The average Bonchev–Trinajstić information content (AvgIpc) is 2.93. The first kappa shape index (κ1) is 16.7. The average molecular weight is 333 g/mol. The molecule has 0 saturated carbocycles. The summed E-state index contributed by atoms with van der Waals surface area (Å²) in [6, 6.07) is 8.20. The Morgan fingerprint density at radius 2 is 2.05 bits per heavy atom. The summed E-state index contributed by atoms with van der Waals surface area (Å²) in [7, 11) is 0. The van der Waals surface area contributed by atoms with Gasteiger partial charge in [0, 0.05) is 6.08 Å². The van der Waals surface area contributed by atoms with Crippen molar-refractivity contribution in [2.45, 2.75) is 31.0 Å². The molecule has 0 atom stereocenters. The third-order valence-electron chi connectivity index (χ3n) is 2.93. The van der Waals surface area contributed by atoms with Crippen LogP contribution in [0.1, 0.15) is 37.8 Å². The first-order valence-corrected chi connectivity index (χ1v) is 8.94. The van der Waals surface area contributed by atoms with Gasteiger partial charge in [-0.05, 0) is 28.9 Å². The quantitative estimate of drug-likeness (QED) is 0.483. The molecule has 1 heterocycles. The van der Waals surface area contributed by atoms with Crippen LogP contribution < -0.4 is 5.32 Å². The molecule has 2 aromatic rings. The topological polar surface area (TPSA) is 54.9 Å². The summed E-state index contributed by atoms with van der Waals surface area (Å²) in [4.78, 5) is 11.9. The van der Waals surface area contributed by atoms with E-state index in [0.29, 0.717) is 11.0 Å². The number of benzene rings is 1. The van der Waals surface area contributed by atoms with Gasteiger partial charge in [0.2, 0.25) is 11.0 Å². The van der Waals surface area contributed by atoms with Gasteiger partial charge in [-0.25, -0.2) is 0 Å². The maximum Gasteiger partial charge on any atom is 0.250 e. The second kappa shape index (κ2) is 8.10. The minimum atomic E-state index is -0.197. The predicted molar refractivity (Wildman–Crippen MR) is 94.5 cm³/mol. The van der Waals surface area contributed by atoms with Gasteiger partial charge in [-0.1, -0.05) is 68.1 Å². The number of carbonyl (C=O) groups is 1. The molecule has 0 aliphatic heterocycles. The maximum atomic E-state index is 11.9. The zero-order valence-electron chi connectivity index (χ0n) is 12.9. The summed E-state index contributed by atoms with van der Waals surface area (Å²) in [6.07, 6.45) is 3.31. The largest absolute Gasteiger partial charge is 0.297 e. The molecule has 0 spiro atoms. The fourth-order valence-electron chi connectivity index (χ4n) is 1.75. The SMILES string of the molecule is CCSc1nnc(NC(=O)/C=C\c2ccc(C(C)C)cc2)s1. The zero-order chi connectivity index (χ0) is 15.9. The summed E-state index contributed by atoms with van der Waals surface area (Å²) >= 11 is 3.00. The first-order valence-electron chi connectivity index (χ1n) is 7.13. The lowest BCUT2D eigenvalue weighted by Crippen LogP contribution is -2.07. The van der Waals surface area contributed by atoms with E-state index in [0.717, 1.165) is 15.7 Å². The molecule has 0 aliphatic carbocycles. The molecule has 116 valence electrons. The summed E-state index contributed by atoms with van der Waals surface area (Å²) in [6.45, 7) is 6.37. The van der Waals surface area contributed by atoms with Crippen LogP contribution in [0.15, 0.2) is 34.7 Å². The zero-order valence-corrected chi connectivity index (χ0v) is 14.5. The van der Waals surface area contributed by atoms with E-state index in [9.17, 15) is 4.79 Å². The molecule has 22 heavy (non-hydrogen) atoms. The van der Waals surface area contributed by atoms with E-state index in [1.165, 1.54) is 23.0 Å². The summed E-state index contributed by atoms with van der Waals surface area (Å²) < 4.78 is 0.867. The van der Waals surface area contributed by atoms with Gasteiger partial charge in [0.05, 0.1) is 0 Å². The molecule has 0 bridgehead atoms. The van der Waals surface area contributed by atoms with Crippen molar-refractivity contribution >= 4 is 40.2 Å². The standard InChI is InChI=1S/C16H19N3OS2/c1-4-21-16-19-18-15(22-16)17-14(20)10-7-12-5-8-13(9-6-12)11(2)3/h5-11H,4H2,1-3H3,(H,17,18,20)/b10-7-. The second-order valence-electron chi connectivity index (χ2n) is 4.95. The lowest BCUT2D eigenvalue weighted by Gasteiger charge is -2.04. The van der Waals surface area contributed by atoms with E-state index in [4.69, 9.17) is 0 Å². The molecule has 6 heteroatoms. The van der Waals surface area contributed by atoms with Crippen molar-refractivity contribution in [2.24, 2.45) is 0 Å². The molecule has 1 aromatic heterocycles. The monoisotopic (exact) mass is 333 g/mol. The third kappa shape index (κ3) is 4.96. The number of anilines is 1. The van der Waals surface area contributed by atoms with E-state index >= 15 is 0 Å². The predicted octanol–water partition coefficient (Wildman–Crippen LogP) is 4.43. The first-order chi connectivity index (χ1) is 10.6. The van der Waals surface area contributed by atoms with Gasteiger partial charge in [-0.15, -0.1) is 10.2 Å². The van der Waals surface area contributed by atoms with Gasteiger partial charge in [0.1, 0.15) is 0 Å². The van der Waals surface area contributed by atoms with Crippen molar-refractivity contribution in [3.63, 3.8) is 0 Å². The highest BCUT2D eigenvalue weighted by atomic mass is 32.2. The second-order valence-corrected chi connectivity index (χ2v) is 7.44. The number of amides is 1. The molecule has 0 unspecified atom stereocenters. The van der Waals surface area contributed by atoms with E-state index in [-0.39, 0.29) is 5.91 Å². The number of aromatic nitrogens is 2. The number of nitrogens with zero attached hydrogens (tertiary/aromatic N) is 2. The Morgan fingerprint density at radius 3 is 2.68 bits per heavy atom. The van der Waals surface area contributed by atoms with E-state index in [1.54, 1.807) is 17.8 Å². The highest BCUT2D eigenvalue weighted by Crippen LogP contribution is 2.24. The van der Waals surface area contributed by atoms with E-state index in [1.807, 2.05) is 12.1 Å². The molecule has 1 aromatic carbocycles. The Balaban J connectivity index is 1.92. The van der Waals surface area contributed by atoms with Crippen molar-refractivity contribution in [1.82, 2.24) is 10.2 Å². The normalized spacial score (nSPS) is 11.3.